The van der Waals surface area contributed by atoms with Gasteiger partial charge in [-0.3, -0.25) is 14.4 Å². The Bertz CT molecular complexity index is 1850. The number of aromatic nitrogens is 4. The first-order valence-corrected chi connectivity index (χ1v) is 14.5. The number of amides is 1. The molecule has 0 atom stereocenters. The second-order valence-corrected chi connectivity index (χ2v) is 11.2. The first-order chi connectivity index (χ1) is 21.5. The Morgan fingerprint density at radius 1 is 0.956 bits per heavy atom. The van der Waals surface area contributed by atoms with Crippen molar-refractivity contribution >= 4 is 22.6 Å². The fourth-order valence-electron chi connectivity index (χ4n) is 5.25. The first kappa shape index (κ1) is 30.2. The molecule has 0 unspecified atom stereocenters. The van der Waals surface area contributed by atoms with Gasteiger partial charge in [0.1, 0.15) is 11.1 Å². The zero-order valence-corrected chi connectivity index (χ0v) is 25.1. The summed E-state index contributed by atoms with van der Waals surface area (Å²) in [6.45, 7) is 5.00. The molecule has 0 bridgehead atoms. The monoisotopic (exact) mass is 615 g/mol. The minimum Gasteiger partial charge on any atom is -0.438 e. The molecule has 0 radical (unpaired) electrons. The van der Waals surface area contributed by atoms with Crippen LogP contribution in [-0.2, 0) is 19.8 Å². The van der Waals surface area contributed by atoms with Crippen LogP contribution in [0.1, 0.15) is 27.0 Å². The molecule has 3 aromatic carbocycles. The van der Waals surface area contributed by atoms with E-state index in [0.29, 0.717) is 35.7 Å². The fourth-order valence-corrected chi connectivity index (χ4v) is 5.25. The van der Waals surface area contributed by atoms with Crippen molar-refractivity contribution in [1.29, 1.82) is 0 Å². The van der Waals surface area contributed by atoms with Crippen molar-refractivity contribution in [2.45, 2.75) is 19.6 Å². The van der Waals surface area contributed by atoms with Crippen LogP contribution in [0.2, 0.25) is 0 Å². The number of ether oxygens (including phenoxy) is 1. The van der Waals surface area contributed by atoms with Crippen molar-refractivity contribution in [3.8, 4) is 23.0 Å². The summed E-state index contributed by atoms with van der Waals surface area (Å²) in [7, 11) is 3.77. The molecule has 9 nitrogen and oxygen atoms in total. The van der Waals surface area contributed by atoms with E-state index in [1.54, 1.807) is 36.1 Å². The molecular formula is C33H32F3N7O2. The van der Waals surface area contributed by atoms with Gasteiger partial charge in [0, 0.05) is 56.6 Å². The summed E-state index contributed by atoms with van der Waals surface area (Å²) in [4.78, 5) is 26.7. The van der Waals surface area contributed by atoms with Crippen molar-refractivity contribution in [1.82, 2.24) is 29.5 Å². The molecule has 1 saturated heterocycles. The van der Waals surface area contributed by atoms with Gasteiger partial charge < -0.3 is 15.0 Å². The molecule has 232 valence electrons. The molecule has 1 aliphatic heterocycles. The predicted octanol–water partition coefficient (Wildman–Crippen LogP) is 6.15. The van der Waals surface area contributed by atoms with Gasteiger partial charge in [0.05, 0.1) is 11.8 Å². The molecule has 1 N–H and O–H groups in total. The molecule has 5 aromatic rings. The zero-order valence-electron chi connectivity index (χ0n) is 25.1. The Balaban J connectivity index is 1.25. The molecular weight excluding hydrogens is 583 g/mol. The summed E-state index contributed by atoms with van der Waals surface area (Å²) in [5.41, 5.74) is 1.78. The minimum atomic E-state index is -4.57. The van der Waals surface area contributed by atoms with Crippen LogP contribution in [0.5, 0.6) is 11.6 Å². The lowest BCUT2D eigenvalue weighted by Crippen LogP contribution is -2.44. The van der Waals surface area contributed by atoms with Gasteiger partial charge in [0.25, 0.3) is 5.91 Å². The lowest BCUT2D eigenvalue weighted by atomic mass is 10.0. The minimum absolute atomic E-state index is 0.0536. The van der Waals surface area contributed by atoms with E-state index in [-0.39, 0.29) is 29.2 Å². The number of fused-ring (bicyclic) bond motifs is 1. The van der Waals surface area contributed by atoms with Gasteiger partial charge in [-0.1, -0.05) is 42.5 Å². The topological polar surface area (TPSA) is 88.4 Å². The molecule has 0 saturated carbocycles. The predicted molar refractivity (Wildman–Crippen MR) is 165 cm³/mol. The van der Waals surface area contributed by atoms with E-state index in [9.17, 15) is 18.0 Å². The zero-order chi connectivity index (χ0) is 31.7. The standard InChI is InChI=1S/C33H32F3N7O2/c1-21-9-10-23(17-28(21)45-32-26-19-37-42(3)30(26)39-29(40-32)22-7-5-4-6-8-22)31(44)38-25-12-11-24(27(18-25)33(34,35)36)20-43-15-13-41(2)14-16-43/h4-12,17-19H,13-16,20H2,1-3H3,(H,38,44). The number of halogens is 3. The largest absolute Gasteiger partial charge is 0.438 e. The third kappa shape index (κ3) is 6.66. The number of nitrogens with zero attached hydrogens (tertiary/aromatic N) is 6. The Morgan fingerprint density at radius 3 is 2.44 bits per heavy atom. The van der Waals surface area contributed by atoms with Crippen molar-refractivity contribution in [2.75, 3.05) is 38.5 Å². The second kappa shape index (κ2) is 12.3. The van der Waals surface area contributed by atoms with Gasteiger partial charge in [-0.15, -0.1) is 0 Å². The smallest absolute Gasteiger partial charge is 0.416 e. The third-order valence-corrected chi connectivity index (χ3v) is 7.91. The molecule has 1 amide bonds. The Hall–Kier alpha value is -4.81. The SMILES string of the molecule is Cc1ccc(C(=O)Nc2ccc(CN3CCN(C)CC3)c(C(F)(F)F)c2)cc1Oc1nc(-c2ccccc2)nc2c1cnn2C. The highest BCUT2D eigenvalue weighted by molar-refractivity contribution is 6.04. The van der Waals surface area contributed by atoms with Gasteiger partial charge in [0.2, 0.25) is 5.88 Å². The van der Waals surface area contributed by atoms with E-state index in [2.05, 4.69) is 25.3 Å². The fraction of sp³-hybridized carbons (Fsp3) is 0.273. The normalized spacial score (nSPS) is 14.5. The number of anilines is 1. The second-order valence-electron chi connectivity index (χ2n) is 11.2. The number of aryl methyl sites for hydroxylation is 2. The van der Waals surface area contributed by atoms with E-state index in [1.165, 1.54) is 12.1 Å². The van der Waals surface area contributed by atoms with Crippen molar-refractivity contribution in [3.63, 3.8) is 0 Å². The van der Waals surface area contributed by atoms with Gasteiger partial charge in [0.15, 0.2) is 11.5 Å². The summed E-state index contributed by atoms with van der Waals surface area (Å²) in [6, 6.07) is 18.3. The Morgan fingerprint density at radius 2 is 1.71 bits per heavy atom. The maximum absolute atomic E-state index is 14.1. The number of benzene rings is 3. The molecule has 6 rings (SSSR count). The van der Waals surface area contributed by atoms with Crippen molar-refractivity contribution < 1.29 is 22.7 Å². The third-order valence-electron chi connectivity index (χ3n) is 7.91. The van der Waals surface area contributed by atoms with Gasteiger partial charge in [-0.2, -0.15) is 23.3 Å². The van der Waals surface area contributed by atoms with Crippen LogP contribution in [0.3, 0.4) is 0 Å². The van der Waals surface area contributed by atoms with E-state index in [0.717, 1.165) is 30.3 Å². The highest BCUT2D eigenvalue weighted by Crippen LogP contribution is 2.35. The number of hydrogen-bond donors (Lipinski definition) is 1. The van der Waals surface area contributed by atoms with E-state index < -0.39 is 17.6 Å². The molecule has 3 heterocycles. The van der Waals surface area contributed by atoms with Crippen LogP contribution in [0.4, 0.5) is 18.9 Å². The number of carbonyl (C=O) groups is 1. The highest BCUT2D eigenvalue weighted by atomic mass is 19.4. The van der Waals surface area contributed by atoms with E-state index >= 15 is 0 Å². The molecule has 0 aliphatic carbocycles. The number of carbonyl (C=O) groups excluding carboxylic acids is 1. The van der Waals surface area contributed by atoms with Crippen LogP contribution < -0.4 is 10.1 Å². The maximum Gasteiger partial charge on any atom is 0.416 e. The van der Waals surface area contributed by atoms with Gasteiger partial charge in [-0.05, 0) is 49.4 Å². The van der Waals surface area contributed by atoms with E-state index in [1.807, 2.05) is 49.2 Å². The van der Waals surface area contributed by atoms with Crippen LogP contribution >= 0.6 is 0 Å². The number of alkyl halides is 3. The molecule has 2 aromatic heterocycles. The maximum atomic E-state index is 14.1. The summed E-state index contributed by atoms with van der Waals surface area (Å²) in [5.74, 6) is 0.506. The summed E-state index contributed by atoms with van der Waals surface area (Å²) < 4.78 is 50.1. The average molecular weight is 616 g/mol. The summed E-state index contributed by atoms with van der Waals surface area (Å²) in [6.07, 6.45) is -2.96. The van der Waals surface area contributed by atoms with E-state index in [4.69, 9.17) is 4.74 Å². The van der Waals surface area contributed by atoms with Gasteiger partial charge >= 0.3 is 6.18 Å². The lowest BCUT2D eigenvalue weighted by Gasteiger charge is -2.33. The highest BCUT2D eigenvalue weighted by Gasteiger charge is 2.34. The summed E-state index contributed by atoms with van der Waals surface area (Å²) in [5, 5.41) is 7.51. The van der Waals surface area contributed by atoms with Gasteiger partial charge in [-0.25, -0.2) is 4.98 Å². The quantitative estimate of drug-likeness (QED) is 0.235. The number of rotatable bonds is 7. The average Bonchev–Trinajstić information content (AvgIpc) is 3.40. The number of nitrogens with one attached hydrogen (secondary N) is 1. The number of likely N-dealkylation sites (N-methyl/N-ethyl adjacent to an activating group) is 1. The van der Waals surface area contributed by atoms with Crippen LogP contribution in [0.25, 0.3) is 22.4 Å². The van der Waals surface area contributed by atoms with Crippen LogP contribution in [-0.4, -0.2) is 68.7 Å². The van der Waals surface area contributed by atoms with Crippen LogP contribution in [0.15, 0.2) is 72.9 Å². The van der Waals surface area contributed by atoms with Crippen LogP contribution in [0, 0.1) is 6.92 Å². The Labute approximate surface area is 258 Å². The van der Waals surface area contributed by atoms with Crippen molar-refractivity contribution in [3.05, 3.63) is 95.2 Å². The molecule has 45 heavy (non-hydrogen) atoms. The molecule has 1 fully saturated rings. The lowest BCUT2D eigenvalue weighted by molar-refractivity contribution is -0.138. The summed E-state index contributed by atoms with van der Waals surface area (Å²) >= 11 is 0. The molecule has 1 aliphatic rings. The molecule has 12 heteroatoms. The Kier molecular flexibility index (Phi) is 8.26. The number of piperazine rings is 1. The molecule has 0 spiro atoms. The first-order valence-electron chi connectivity index (χ1n) is 14.5. The number of hydrogen-bond acceptors (Lipinski definition) is 7. The van der Waals surface area contributed by atoms with Crippen molar-refractivity contribution in [2.24, 2.45) is 7.05 Å².